The molecular weight excluding hydrogens is 334 g/mol. The van der Waals surface area contributed by atoms with Gasteiger partial charge in [0, 0.05) is 38.3 Å². The molecule has 3 aromatic rings. The first kappa shape index (κ1) is 16.3. The first-order chi connectivity index (χ1) is 12.7. The summed E-state index contributed by atoms with van der Waals surface area (Å²) in [6.45, 7) is 3.75. The molecule has 1 saturated heterocycles. The van der Waals surface area contributed by atoms with Crippen LogP contribution in [0.15, 0.2) is 41.3 Å². The van der Waals surface area contributed by atoms with E-state index in [0.29, 0.717) is 17.3 Å². The maximum atomic E-state index is 12.4. The Bertz CT molecular complexity index is 882. The smallest absolute Gasteiger partial charge is 0.277 e. The van der Waals surface area contributed by atoms with Crippen molar-refractivity contribution < 1.29 is 9.21 Å². The van der Waals surface area contributed by atoms with Crippen molar-refractivity contribution in [2.24, 2.45) is 0 Å². The maximum Gasteiger partial charge on any atom is 0.277 e. The SMILES string of the molecule is CN1CCN(c2cc(NC(=O)c3cc(-c4ccco4)[nH]n3)ncn2)CC1. The minimum atomic E-state index is -0.345. The number of piperazine rings is 1. The highest BCUT2D eigenvalue weighted by atomic mass is 16.3. The van der Waals surface area contributed by atoms with Gasteiger partial charge in [0.1, 0.15) is 23.7 Å². The van der Waals surface area contributed by atoms with Gasteiger partial charge >= 0.3 is 0 Å². The van der Waals surface area contributed by atoms with Gasteiger partial charge in [-0.3, -0.25) is 9.89 Å². The number of nitrogens with one attached hydrogen (secondary N) is 2. The van der Waals surface area contributed by atoms with Gasteiger partial charge in [-0.25, -0.2) is 9.97 Å². The van der Waals surface area contributed by atoms with E-state index in [-0.39, 0.29) is 11.6 Å². The van der Waals surface area contributed by atoms with E-state index >= 15 is 0 Å². The number of hydrogen-bond acceptors (Lipinski definition) is 7. The van der Waals surface area contributed by atoms with E-state index in [2.05, 4.69) is 42.3 Å². The zero-order valence-corrected chi connectivity index (χ0v) is 14.3. The molecule has 0 aromatic carbocycles. The number of nitrogens with zero attached hydrogens (tertiary/aromatic N) is 5. The number of H-pyrrole nitrogens is 1. The third kappa shape index (κ3) is 3.42. The van der Waals surface area contributed by atoms with Crippen LogP contribution >= 0.6 is 0 Å². The molecule has 9 heteroatoms. The Hall–Kier alpha value is -3.20. The van der Waals surface area contributed by atoms with Crippen molar-refractivity contribution in [3.8, 4) is 11.5 Å². The van der Waals surface area contributed by atoms with Crippen LogP contribution in [0, 0.1) is 0 Å². The van der Waals surface area contributed by atoms with Gasteiger partial charge in [0.25, 0.3) is 5.91 Å². The molecule has 3 aromatic heterocycles. The van der Waals surface area contributed by atoms with Crippen LogP contribution in [-0.4, -0.2) is 64.2 Å². The number of hydrogen-bond donors (Lipinski definition) is 2. The number of amides is 1. The summed E-state index contributed by atoms with van der Waals surface area (Å²) in [7, 11) is 2.10. The summed E-state index contributed by atoms with van der Waals surface area (Å²) in [5.74, 6) is 1.53. The third-order valence-electron chi connectivity index (χ3n) is 4.32. The largest absolute Gasteiger partial charge is 0.463 e. The van der Waals surface area contributed by atoms with Crippen molar-refractivity contribution in [1.29, 1.82) is 0 Å². The number of carbonyl (C=O) groups is 1. The minimum Gasteiger partial charge on any atom is -0.463 e. The summed E-state index contributed by atoms with van der Waals surface area (Å²) in [6, 6.07) is 6.98. The highest BCUT2D eigenvalue weighted by Crippen LogP contribution is 2.19. The Balaban J connectivity index is 1.45. The number of anilines is 2. The van der Waals surface area contributed by atoms with Gasteiger partial charge in [0.2, 0.25) is 0 Å². The fourth-order valence-corrected chi connectivity index (χ4v) is 2.80. The first-order valence-electron chi connectivity index (χ1n) is 8.35. The molecular formula is C17H19N7O2. The van der Waals surface area contributed by atoms with Gasteiger partial charge in [0.05, 0.1) is 6.26 Å². The number of aromatic amines is 1. The van der Waals surface area contributed by atoms with Crippen LogP contribution in [0.5, 0.6) is 0 Å². The molecule has 26 heavy (non-hydrogen) atoms. The van der Waals surface area contributed by atoms with Crippen molar-refractivity contribution in [1.82, 2.24) is 25.1 Å². The molecule has 1 fully saturated rings. The molecule has 0 radical (unpaired) electrons. The lowest BCUT2D eigenvalue weighted by atomic mass is 10.3. The van der Waals surface area contributed by atoms with Crippen molar-refractivity contribution in [2.45, 2.75) is 0 Å². The van der Waals surface area contributed by atoms with E-state index in [1.807, 2.05) is 0 Å². The molecule has 1 amide bonds. The molecule has 134 valence electrons. The van der Waals surface area contributed by atoms with Crippen molar-refractivity contribution in [3.05, 3.63) is 42.5 Å². The summed E-state index contributed by atoms with van der Waals surface area (Å²) < 4.78 is 5.29. The van der Waals surface area contributed by atoms with Crippen molar-refractivity contribution in [3.63, 3.8) is 0 Å². The zero-order valence-electron chi connectivity index (χ0n) is 14.3. The lowest BCUT2D eigenvalue weighted by Crippen LogP contribution is -2.44. The van der Waals surface area contributed by atoms with Crippen molar-refractivity contribution >= 4 is 17.5 Å². The molecule has 2 N–H and O–H groups in total. The Morgan fingerprint density at radius 3 is 2.85 bits per heavy atom. The molecule has 0 unspecified atom stereocenters. The van der Waals surface area contributed by atoms with Crippen LogP contribution in [0.2, 0.25) is 0 Å². The van der Waals surface area contributed by atoms with Crippen LogP contribution in [-0.2, 0) is 0 Å². The monoisotopic (exact) mass is 353 g/mol. The Kier molecular flexibility index (Phi) is 4.36. The van der Waals surface area contributed by atoms with Gasteiger partial charge in [-0.2, -0.15) is 5.10 Å². The quantitative estimate of drug-likeness (QED) is 0.732. The first-order valence-corrected chi connectivity index (χ1v) is 8.35. The molecule has 4 rings (SSSR count). The van der Waals surface area contributed by atoms with Gasteiger partial charge in [-0.05, 0) is 19.2 Å². The predicted molar refractivity (Wildman–Crippen MR) is 96.0 cm³/mol. The summed E-state index contributed by atoms with van der Waals surface area (Å²) in [5.41, 5.74) is 0.900. The lowest BCUT2D eigenvalue weighted by Gasteiger charge is -2.33. The van der Waals surface area contributed by atoms with Gasteiger partial charge in [-0.15, -0.1) is 0 Å². The summed E-state index contributed by atoms with van der Waals surface area (Å²) >= 11 is 0. The number of carbonyl (C=O) groups excluding carboxylic acids is 1. The predicted octanol–water partition coefficient (Wildman–Crippen LogP) is 1.46. The fourth-order valence-electron chi connectivity index (χ4n) is 2.80. The highest BCUT2D eigenvalue weighted by Gasteiger charge is 2.17. The molecule has 0 saturated carbocycles. The zero-order chi connectivity index (χ0) is 17.9. The number of aromatic nitrogens is 4. The fraction of sp³-hybridized carbons (Fsp3) is 0.294. The number of furan rings is 1. The van der Waals surface area contributed by atoms with Crippen molar-refractivity contribution in [2.75, 3.05) is 43.4 Å². The third-order valence-corrected chi connectivity index (χ3v) is 4.32. The van der Waals surface area contributed by atoms with E-state index in [0.717, 1.165) is 32.0 Å². The number of likely N-dealkylation sites (N-methyl/N-ethyl adjacent to an activating group) is 1. The Labute approximate surface area is 150 Å². The highest BCUT2D eigenvalue weighted by molar-refractivity contribution is 6.03. The molecule has 0 spiro atoms. The Morgan fingerprint density at radius 1 is 1.23 bits per heavy atom. The van der Waals surface area contributed by atoms with E-state index < -0.39 is 0 Å². The summed E-state index contributed by atoms with van der Waals surface area (Å²) in [4.78, 5) is 25.3. The second kappa shape index (κ2) is 6.96. The van der Waals surface area contributed by atoms with E-state index in [1.54, 1.807) is 30.5 Å². The normalized spacial score (nSPS) is 15.2. The van der Waals surface area contributed by atoms with E-state index in [1.165, 1.54) is 6.33 Å². The topological polar surface area (TPSA) is 103 Å². The van der Waals surface area contributed by atoms with E-state index in [4.69, 9.17) is 4.42 Å². The van der Waals surface area contributed by atoms with E-state index in [9.17, 15) is 4.79 Å². The molecule has 1 aliphatic heterocycles. The van der Waals surface area contributed by atoms with Crippen LogP contribution in [0.4, 0.5) is 11.6 Å². The van der Waals surface area contributed by atoms with Gasteiger partial charge in [-0.1, -0.05) is 0 Å². The summed E-state index contributed by atoms with van der Waals surface area (Å²) in [6.07, 6.45) is 3.03. The van der Waals surface area contributed by atoms with Gasteiger partial charge < -0.3 is 19.5 Å². The summed E-state index contributed by atoms with van der Waals surface area (Å²) in [5, 5.41) is 9.59. The lowest BCUT2D eigenvalue weighted by molar-refractivity contribution is 0.102. The van der Waals surface area contributed by atoms with Crippen LogP contribution in [0.25, 0.3) is 11.5 Å². The second-order valence-electron chi connectivity index (χ2n) is 6.15. The van der Waals surface area contributed by atoms with Crippen LogP contribution in [0.1, 0.15) is 10.5 Å². The molecule has 0 bridgehead atoms. The molecule has 1 aliphatic rings. The van der Waals surface area contributed by atoms with Crippen LogP contribution in [0.3, 0.4) is 0 Å². The maximum absolute atomic E-state index is 12.4. The second-order valence-corrected chi connectivity index (χ2v) is 6.15. The average molecular weight is 353 g/mol. The van der Waals surface area contributed by atoms with Gasteiger partial charge in [0.15, 0.2) is 11.5 Å². The van der Waals surface area contributed by atoms with Crippen LogP contribution < -0.4 is 10.2 Å². The standard InChI is InChI=1S/C17H19N7O2/c1-23-4-6-24(7-5-23)16-10-15(18-11-19-16)20-17(25)13-9-12(21-22-13)14-3-2-8-26-14/h2-3,8-11H,4-7H2,1H3,(H,21,22)(H,18,19,20,25). The minimum absolute atomic E-state index is 0.260. The average Bonchev–Trinajstić information content (AvgIpc) is 3.34. The molecule has 0 aliphatic carbocycles. The Morgan fingerprint density at radius 2 is 2.08 bits per heavy atom. The number of rotatable bonds is 4. The molecule has 4 heterocycles. The molecule has 9 nitrogen and oxygen atoms in total. The molecule has 0 atom stereocenters.